The van der Waals surface area contributed by atoms with Gasteiger partial charge >= 0.3 is 10.3 Å². The van der Waals surface area contributed by atoms with Crippen molar-refractivity contribution in [3.05, 3.63) is 27.9 Å². The second kappa shape index (κ2) is 9.52. The molecule has 1 fully saturated rings. The summed E-state index contributed by atoms with van der Waals surface area (Å²) in [6.45, 7) is -0.595. The normalized spacial score (nSPS) is 19.0. The number of hydrogen-bond donors (Lipinski definition) is 5. The van der Waals surface area contributed by atoms with Gasteiger partial charge in [0.25, 0.3) is 11.8 Å². The second-order valence-electron chi connectivity index (χ2n) is 6.66. The van der Waals surface area contributed by atoms with E-state index in [1.807, 2.05) is 0 Å². The molecule has 0 aromatic carbocycles. The smallest absolute Gasteiger partial charge is 0.362 e. The van der Waals surface area contributed by atoms with Gasteiger partial charge in [-0.1, -0.05) is 0 Å². The Labute approximate surface area is 189 Å². The molecule has 3 heterocycles. The average Bonchev–Trinajstić information content (AvgIpc) is 3.38. The van der Waals surface area contributed by atoms with E-state index in [1.54, 1.807) is 0 Å². The van der Waals surface area contributed by atoms with Crippen molar-refractivity contribution in [2.24, 2.45) is 10.9 Å². The van der Waals surface area contributed by atoms with E-state index in [9.17, 15) is 32.3 Å². The van der Waals surface area contributed by atoms with Gasteiger partial charge in [-0.3, -0.25) is 18.9 Å². The van der Waals surface area contributed by atoms with Crippen LogP contribution in [0.15, 0.2) is 16.8 Å². The van der Waals surface area contributed by atoms with Gasteiger partial charge in [0, 0.05) is 5.38 Å². The summed E-state index contributed by atoms with van der Waals surface area (Å²) in [4.78, 5) is 52.1. The minimum absolute atomic E-state index is 0.00867. The van der Waals surface area contributed by atoms with Crippen LogP contribution < -0.4 is 22.1 Å². The fraction of sp³-hybridized carbons (Fsp3) is 0.429. The Kier molecular flexibility index (Phi) is 6.95. The Bertz CT molecular complexity index is 1180. The summed E-state index contributed by atoms with van der Waals surface area (Å²) in [6, 6.07) is -4.39. The molecule has 0 radical (unpaired) electrons. The molecule has 3 amide bonds. The van der Waals surface area contributed by atoms with E-state index in [2.05, 4.69) is 31.0 Å². The van der Waals surface area contributed by atoms with Crippen LogP contribution >= 0.6 is 11.3 Å². The molecule has 19 heteroatoms. The van der Waals surface area contributed by atoms with Crippen LogP contribution in [0.25, 0.3) is 0 Å². The molecule has 1 aliphatic rings. The lowest BCUT2D eigenvalue weighted by Gasteiger charge is -2.43. The molecule has 2 aromatic heterocycles. The number of nitroso groups, excluding NO2 is 1. The van der Waals surface area contributed by atoms with Gasteiger partial charge in [0.15, 0.2) is 5.13 Å². The zero-order valence-electron chi connectivity index (χ0n) is 16.6. The Morgan fingerprint density at radius 2 is 2.12 bits per heavy atom. The zero-order valence-corrected chi connectivity index (χ0v) is 18.2. The van der Waals surface area contributed by atoms with E-state index in [4.69, 9.17) is 11.5 Å². The minimum atomic E-state index is -4.97. The fourth-order valence-electron chi connectivity index (χ4n) is 2.97. The number of nitrogens with zero attached hydrogens (tertiary/aromatic N) is 6. The van der Waals surface area contributed by atoms with Gasteiger partial charge in [0.05, 0.1) is 31.5 Å². The highest BCUT2D eigenvalue weighted by atomic mass is 32.2. The SMILES string of the molecule is NCC(=O)NCc1cnn(CC2C(NC(=O)C(N=O)c3csc(N)n3)C(=O)N2S(=O)(=O)O)n1. The van der Waals surface area contributed by atoms with E-state index in [0.717, 1.165) is 16.1 Å². The summed E-state index contributed by atoms with van der Waals surface area (Å²) in [5.41, 5.74) is 10.9. The number of β-lactam (4-membered cyclic amide) rings is 1. The molecule has 0 bridgehead atoms. The lowest BCUT2D eigenvalue weighted by molar-refractivity contribution is -0.146. The van der Waals surface area contributed by atoms with Gasteiger partial charge in [0.1, 0.15) is 17.8 Å². The molecule has 3 atom stereocenters. The summed E-state index contributed by atoms with van der Waals surface area (Å²) >= 11 is 0.967. The Hall–Kier alpha value is -3.55. The first-order valence-corrected chi connectivity index (χ1v) is 11.3. The average molecular weight is 502 g/mol. The maximum atomic E-state index is 12.5. The lowest BCUT2D eigenvalue weighted by atomic mass is 9.98. The molecule has 0 saturated carbocycles. The summed E-state index contributed by atoms with van der Waals surface area (Å²) < 4.78 is 32.8. The van der Waals surface area contributed by atoms with Crippen molar-refractivity contribution >= 4 is 44.5 Å². The molecule has 17 nitrogen and oxygen atoms in total. The van der Waals surface area contributed by atoms with Crippen molar-refractivity contribution in [3.63, 3.8) is 0 Å². The highest BCUT2D eigenvalue weighted by Crippen LogP contribution is 2.27. The molecule has 2 aromatic rings. The van der Waals surface area contributed by atoms with Crippen LogP contribution in [0.3, 0.4) is 0 Å². The van der Waals surface area contributed by atoms with E-state index in [0.29, 0.717) is 5.69 Å². The third-order valence-electron chi connectivity index (χ3n) is 4.48. The van der Waals surface area contributed by atoms with Gasteiger partial charge in [-0.05, 0) is 5.18 Å². The van der Waals surface area contributed by atoms with Gasteiger partial charge in [0.2, 0.25) is 11.9 Å². The van der Waals surface area contributed by atoms with Crippen LogP contribution in [0.5, 0.6) is 0 Å². The van der Waals surface area contributed by atoms with Crippen LogP contribution in [-0.4, -0.2) is 73.6 Å². The number of nitrogens with two attached hydrogens (primary N) is 2. The number of anilines is 1. The molecule has 1 saturated heterocycles. The van der Waals surface area contributed by atoms with Crippen molar-refractivity contribution in [2.45, 2.75) is 31.2 Å². The Balaban J connectivity index is 1.75. The fourth-order valence-corrected chi connectivity index (χ4v) is 4.42. The van der Waals surface area contributed by atoms with Crippen LogP contribution in [0.2, 0.25) is 0 Å². The number of rotatable bonds is 10. The minimum Gasteiger partial charge on any atom is -0.375 e. The van der Waals surface area contributed by atoms with E-state index in [1.165, 1.54) is 11.6 Å². The lowest BCUT2D eigenvalue weighted by Crippen LogP contribution is -2.73. The number of aromatic nitrogens is 4. The van der Waals surface area contributed by atoms with Gasteiger partial charge < -0.3 is 22.1 Å². The quantitative estimate of drug-likeness (QED) is 0.123. The summed E-state index contributed by atoms with van der Waals surface area (Å²) in [5, 5.41) is 16.7. The molecule has 3 rings (SSSR count). The van der Waals surface area contributed by atoms with Crippen molar-refractivity contribution in [1.82, 2.24) is 34.9 Å². The second-order valence-corrected chi connectivity index (χ2v) is 8.83. The number of hydrogen-bond acceptors (Lipinski definition) is 13. The molecular weight excluding hydrogens is 484 g/mol. The van der Waals surface area contributed by atoms with E-state index < -0.39 is 46.2 Å². The largest absolute Gasteiger partial charge is 0.375 e. The summed E-state index contributed by atoms with van der Waals surface area (Å²) in [6.07, 6.45) is 1.28. The Morgan fingerprint density at radius 1 is 1.39 bits per heavy atom. The highest BCUT2D eigenvalue weighted by Gasteiger charge is 2.54. The Morgan fingerprint density at radius 3 is 2.70 bits per heavy atom. The van der Waals surface area contributed by atoms with Crippen LogP contribution in [-0.2, 0) is 37.8 Å². The van der Waals surface area contributed by atoms with Crippen LogP contribution in [0.1, 0.15) is 17.4 Å². The zero-order chi connectivity index (χ0) is 24.3. The number of nitrogen functional groups attached to an aromatic ring is 1. The number of thiazole rings is 1. The molecule has 3 unspecified atom stereocenters. The van der Waals surface area contributed by atoms with E-state index in [-0.39, 0.29) is 34.8 Å². The summed E-state index contributed by atoms with van der Waals surface area (Å²) in [7, 11) is -4.97. The maximum absolute atomic E-state index is 12.5. The van der Waals surface area contributed by atoms with Gasteiger partial charge in [-0.15, -0.1) is 16.2 Å². The topological polar surface area (TPSA) is 258 Å². The number of amides is 3. The number of carbonyl (C=O) groups excluding carboxylic acids is 3. The van der Waals surface area contributed by atoms with Gasteiger partial charge in [-0.2, -0.15) is 23.4 Å². The van der Waals surface area contributed by atoms with Crippen molar-refractivity contribution in [2.75, 3.05) is 12.3 Å². The van der Waals surface area contributed by atoms with Crippen LogP contribution in [0.4, 0.5) is 5.13 Å². The molecule has 0 spiro atoms. The van der Waals surface area contributed by atoms with Crippen molar-refractivity contribution in [1.29, 1.82) is 0 Å². The first-order valence-electron chi connectivity index (χ1n) is 9.05. The summed E-state index contributed by atoms with van der Waals surface area (Å²) in [5.74, 6) is -2.59. The van der Waals surface area contributed by atoms with Crippen molar-refractivity contribution < 1.29 is 27.4 Å². The molecule has 1 aliphatic heterocycles. The predicted octanol–water partition coefficient (Wildman–Crippen LogP) is -3.10. The van der Waals surface area contributed by atoms with Crippen molar-refractivity contribution in [3.8, 4) is 0 Å². The molecule has 0 aliphatic carbocycles. The molecule has 7 N–H and O–H groups in total. The first kappa shape index (κ1) is 24.1. The predicted molar refractivity (Wildman–Crippen MR) is 110 cm³/mol. The third kappa shape index (κ3) is 5.27. The van der Waals surface area contributed by atoms with E-state index >= 15 is 0 Å². The maximum Gasteiger partial charge on any atom is 0.362 e. The standard InChI is InChI=1S/C14H18N10O7S2/c15-1-9(25)17-2-6-3-18-23(21-6)4-8-11(13(27)24(8)33(29,30)31)20-12(26)10(22-28)7-5-32-14(16)19-7/h3,5,8,10-11H,1-2,4,15H2,(H2,16,19)(H,17,25)(H,20,26)(H,29,30,31). The molecule has 178 valence electrons. The third-order valence-corrected chi connectivity index (χ3v) is 6.12. The number of nitrogens with one attached hydrogen (secondary N) is 2. The molecular formula is C14H18N10O7S2. The first-order chi connectivity index (χ1) is 15.5. The monoisotopic (exact) mass is 502 g/mol. The number of carbonyl (C=O) groups is 3. The van der Waals surface area contributed by atoms with Gasteiger partial charge in [-0.25, -0.2) is 9.29 Å². The highest BCUT2D eigenvalue weighted by molar-refractivity contribution is 7.84. The molecule has 33 heavy (non-hydrogen) atoms. The van der Waals surface area contributed by atoms with Crippen LogP contribution in [0, 0.1) is 4.91 Å².